The molecule has 5 amide bonds. The van der Waals surface area contributed by atoms with Crippen molar-refractivity contribution >= 4 is 53.2 Å². The van der Waals surface area contributed by atoms with Gasteiger partial charge in [0.2, 0.25) is 29.5 Å². The number of carbonyl (C=O) groups excluding carboxylic acids is 6. The zero-order valence-electron chi connectivity index (χ0n) is 32.9. The summed E-state index contributed by atoms with van der Waals surface area (Å²) < 4.78 is 0. The smallest absolute Gasteiger partial charge is 0.305 e. The van der Waals surface area contributed by atoms with E-state index in [9.17, 15) is 58.5 Å². The zero-order chi connectivity index (χ0) is 43.7. The summed E-state index contributed by atoms with van der Waals surface area (Å²) in [7, 11) is 1.37. The van der Waals surface area contributed by atoms with Crippen LogP contribution >= 0.6 is 0 Å². The first-order valence-electron chi connectivity index (χ1n) is 18.3. The number of hydrogen-bond donors (Lipinski definition) is 10. The first-order chi connectivity index (χ1) is 27.1. The number of phenols is 1. The van der Waals surface area contributed by atoms with Crippen LogP contribution in [0.1, 0.15) is 64.5 Å². The lowest BCUT2D eigenvalue weighted by molar-refractivity contribution is -0.142. The summed E-state index contributed by atoms with van der Waals surface area (Å²) in [6.45, 7) is 6.28. The molecule has 0 unspecified atom stereocenters. The van der Waals surface area contributed by atoms with Gasteiger partial charge in [-0.2, -0.15) is 0 Å². The number of aromatic hydroxyl groups is 1. The largest absolute Gasteiger partial charge is 0.508 e. The van der Waals surface area contributed by atoms with Crippen LogP contribution in [0.5, 0.6) is 5.75 Å². The van der Waals surface area contributed by atoms with E-state index in [1.807, 2.05) is 0 Å². The highest BCUT2D eigenvalue weighted by Gasteiger charge is 2.36. The number of carbonyl (C=O) groups is 9. The van der Waals surface area contributed by atoms with Crippen molar-refractivity contribution in [2.24, 2.45) is 5.41 Å². The van der Waals surface area contributed by atoms with Crippen molar-refractivity contribution in [2.45, 2.75) is 102 Å². The molecule has 19 heteroatoms. The minimum Gasteiger partial charge on any atom is -0.508 e. The van der Waals surface area contributed by atoms with Gasteiger partial charge in [0.1, 0.15) is 29.9 Å². The van der Waals surface area contributed by atoms with E-state index in [-0.39, 0.29) is 25.0 Å². The van der Waals surface area contributed by atoms with Gasteiger partial charge in [-0.1, -0.05) is 63.2 Å². The highest BCUT2D eigenvalue weighted by atomic mass is 16.4. The number of benzene rings is 2. The highest BCUT2D eigenvalue weighted by molar-refractivity contribution is 5.98. The lowest BCUT2D eigenvalue weighted by Crippen LogP contribution is -2.60. The van der Waals surface area contributed by atoms with E-state index < -0.39 is 114 Å². The van der Waals surface area contributed by atoms with Crippen LogP contribution in [0.2, 0.25) is 0 Å². The fourth-order valence-corrected chi connectivity index (χ4v) is 5.84. The molecule has 6 atom stereocenters. The minimum absolute atomic E-state index is 0.109. The molecule has 0 spiro atoms. The van der Waals surface area contributed by atoms with E-state index in [4.69, 9.17) is 5.11 Å². The monoisotopic (exact) mass is 812 g/mol. The fraction of sp³-hybridized carbons (Fsp3) is 0.462. The van der Waals surface area contributed by atoms with Crippen molar-refractivity contribution in [3.8, 4) is 5.75 Å². The number of Topliss-reactive ketones (excluding diaryl/α,β-unsaturated/α-hetero) is 1. The van der Waals surface area contributed by atoms with Crippen molar-refractivity contribution in [3.05, 3.63) is 65.7 Å². The summed E-state index contributed by atoms with van der Waals surface area (Å²) in [5.74, 6) is -9.64. The third kappa shape index (κ3) is 16.4. The Labute approximate surface area is 334 Å². The second kappa shape index (κ2) is 22.4. The van der Waals surface area contributed by atoms with Gasteiger partial charge in [0.15, 0.2) is 5.78 Å². The first kappa shape index (κ1) is 47.8. The third-order valence-corrected chi connectivity index (χ3v) is 8.82. The van der Waals surface area contributed by atoms with Gasteiger partial charge in [0, 0.05) is 19.3 Å². The van der Waals surface area contributed by atoms with E-state index in [1.54, 1.807) is 51.1 Å². The van der Waals surface area contributed by atoms with Crippen LogP contribution in [-0.2, 0) is 56.0 Å². The number of carboxylic acid groups (broad SMARTS) is 3. The van der Waals surface area contributed by atoms with Gasteiger partial charge < -0.3 is 52.3 Å². The number of likely N-dealkylation sites (N-methyl/N-ethyl adjacent to an activating group) is 1. The fourth-order valence-electron chi connectivity index (χ4n) is 5.84. The molecule has 19 nitrogen and oxygen atoms in total. The molecular formula is C39H52N6O13. The third-order valence-electron chi connectivity index (χ3n) is 8.82. The summed E-state index contributed by atoms with van der Waals surface area (Å²) in [6, 6.07) is 5.09. The number of phenolic OH excluding ortho intramolecular Hbond substituents is 1. The Balaban J connectivity index is 2.51. The summed E-state index contributed by atoms with van der Waals surface area (Å²) in [6.07, 6.45) is -2.91. The summed E-state index contributed by atoms with van der Waals surface area (Å²) >= 11 is 0. The van der Waals surface area contributed by atoms with Gasteiger partial charge in [0.25, 0.3) is 0 Å². The van der Waals surface area contributed by atoms with E-state index in [0.717, 1.165) is 0 Å². The molecule has 0 fully saturated rings. The Bertz CT molecular complexity index is 1800. The maximum atomic E-state index is 14.1. The van der Waals surface area contributed by atoms with Crippen LogP contribution in [0.3, 0.4) is 0 Å². The Morgan fingerprint density at radius 2 is 0.948 bits per heavy atom. The number of hydrogen-bond acceptors (Lipinski definition) is 11. The zero-order valence-corrected chi connectivity index (χ0v) is 32.9. The maximum absolute atomic E-state index is 14.1. The summed E-state index contributed by atoms with van der Waals surface area (Å²) in [5, 5.41) is 52.8. The molecule has 0 heterocycles. The maximum Gasteiger partial charge on any atom is 0.305 e. The molecule has 316 valence electrons. The Kier molecular flexibility index (Phi) is 18.4. The molecule has 2 rings (SSSR count). The lowest BCUT2D eigenvalue weighted by atomic mass is 9.84. The Hall–Kier alpha value is -6.37. The van der Waals surface area contributed by atoms with Crippen molar-refractivity contribution < 1.29 is 63.6 Å². The Morgan fingerprint density at radius 3 is 1.34 bits per heavy atom. The topological polar surface area (TPSA) is 307 Å². The average molecular weight is 813 g/mol. The molecule has 0 aliphatic carbocycles. The van der Waals surface area contributed by atoms with Gasteiger partial charge in [-0.25, -0.2) is 0 Å². The van der Waals surface area contributed by atoms with Crippen LogP contribution in [0.4, 0.5) is 0 Å². The molecule has 0 saturated carbocycles. The highest BCUT2D eigenvalue weighted by Crippen LogP contribution is 2.20. The van der Waals surface area contributed by atoms with Gasteiger partial charge >= 0.3 is 17.9 Å². The van der Waals surface area contributed by atoms with Gasteiger partial charge in [-0.3, -0.25) is 43.2 Å². The molecule has 0 aliphatic heterocycles. The molecule has 0 radical (unpaired) electrons. The quantitative estimate of drug-likeness (QED) is 0.0686. The second-order valence-corrected chi connectivity index (χ2v) is 14.7. The van der Waals surface area contributed by atoms with Crippen LogP contribution < -0.4 is 31.9 Å². The minimum atomic E-state index is -1.74. The second-order valence-electron chi connectivity index (χ2n) is 14.7. The molecule has 2 aromatic carbocycles. The number of aliphatic carboxylic acids is 3. The van der Waals surface area contributed by atoms with E-state index in [2.05, 4.69) is 31.9 Å². The molecule has 58 heavy (non-hydrogen) atoms. The van der Waals surface area contributed by atoms with Gasteiger partial charge in [-0.05, 0) is 49.1 Å². The van der Waals surface area contributed by atoms with Gasteiger partial charge in [0.05, 0.1) is 24.9 Å². The van der Waals surface area contributed by atoms with Crippen LogP contribution in [-0.4, -0.2) is 117 Å². The number of ketones is 1. The average Bonchev–Trinajstić information content (AvgIpc) is 3.12. The van der Waals surface area contributed by atoms with Crippen LogP contribution in [0.25, 0.3) is 0 Å². The van der Waals surface area contributed by atoms with Gasteiger partial charge in [-0.15, -0.1) is 0 Å². The van der Waals surface area contributed by atoms with Crippen LogP contribution in [0.15, 0.2) is 54.6 Å². The molecule has 0 aliphatic rings. The molecule has 10 N–H and O–H groups in total. The van der Waals surface area contributed by atoms with E-state index in [1.165, 1.54) is 38.2 Å². The predicted molar refractivity (Wildman–Crippen MR) is 206 cm³/mol. The lowest BCUT2D eigenvalue weighted by Gasteiger charge is -2.31. The number of carboxylic acids is 3. The van der Waals surface area contributed by atoms with Crippen molar-refractivity contribution in [3.63, 3.8) is 0 Å². The normalized spacial score (nSPS) is 14.2. The number of nitrogens with one attached hydrogen (secondary N) is 6. The van der Waals surface area contributed by atoms with Crippen molar-refractivity contribution in [1.29, 1.82) is 0 Å². The molecule has 0 aromatic heterocycles. The number of rotatable bonds is 23. The van der Waals surface area contributed by atoms with Crippen LogP contribution in [0, 0.1) is 5.41 Å². The summed E-state index contributed by atoms with van der Waals surface area (Å²) in [5.41, 5.74) is 0.132. The van der Waals surface area contributed by atoms with E-state index >= 15 is 0 Å². The molecule has 2 aromatic rings. The summed E-state index contributed by atoms with van der Waals surface area (Å²) in [4.78, 5) is 115. The van der Waals surface area contributed by atoms with E-state index in [0.29, 0.717) is 11.1 Å². The molecular weight excluding hydrogens is 760 g/mol. The predicted octanol–water partition coefficient (Wildman–Crippen LogP) is -0.361. The van der Waals surface area contributed by atoms with Crippen molar-refractivity contribution in [1.82, 2.24) is 31.9 Å². The van der Waals surface area contributed by atoms with Crippen molar-refractivity contribution in [2.75, 3.05) is 7.05 Å². The SMILES string of the molecule is CN[C@@H](CCC(=O)O)C(=O)N[C@@H](CC(=O)O)C(=O)N[C@@H](Cc1ccccc1)C(=O)N[C@@H](Cc1ccc(O)cc1)C(=O)N[C@@H](CC(=O)O)C(=O)N[C@H](C(C)=O)C(C)(C)C. The first-order valence-corrected chi connectivity index (χ1v) is 18.3. The molecule has 0 bridgehead atoms. The number of amides is 5. The Morgan fingerprint density at radius 1 is 0.552 bits per heavy atom. The standard InChI is InChI=1S/C39H52N6O13/c1-21(46)33(39(2,3)4)45-38(58)29(20-32(52)53)44-36(56)27(18-23-11-13-24(47)14-12-23)41-35(55)26(17-22-9-7-6-8-10-22)42-37(57)28(19-31(50)51)43-34(54)25(40-5)15-16-30(48)49/h6-14,25-29,33,40,47H,15-20H2,1-5H3,(H,41,55)(H,42,57)(H,43,54)(H,44,56)(H,45,58)(H,48,49)(H,50,51)(H,52,53)/t25-,26-,27-,28-,29-,33+/m0/s1. The molecule has 0 saturated heterocycles.